The van der Waals surface area contributed by atoms with Gasteiger partial charge in [0.2, 0.25) is 0 Å². The van der Waals surface area contributed by atoms with Crippen LogP contribution in [0.4, 0.5) is 11.5 Å². The monoisotopic (exact) mass is 287 g/mol. The smallest absolute Gasteiger partial charge is 0.270 e. The molecule has 1 aromatic heterocycles. The molecule has 2 aromatic rings. The van der Waals surface area contributed by atoms with Crippen LogP contribution in [0, 0.1) is 16.0 Å². The van der Waals surface area contributed by atoms with E-state index in [1.165, 1.54) is 6.07 Å². The first-order chi connectivity index (χ1) is 10.1. The van der Waals surface area contributed by atoms with Crippen LogP contribution in [0.1, 0.15) is 13.3 Å². The molecule has 0 bridgehead atoms. The highest BCUT2D eigenvalue weighted by atomic mass is 16.6. The van der Waals surface area contributed by atoms with Gasteiger partial charge in [0.1, 0.15) is 5.82 Å². The molecule has 1 N–H and O–H groups in total. The molecule has 0 amide bonds. The second-order valence-electron chi connectivity index (χ2n) is 5.39. The zero-order valence-electron chi connectivity index (χ0n) is 11.8. The summed E-state index contributed by atoms with van der Waals surface area (Å²) in [4.78, 5) is 14.9. The van der Waals surface area contributed by atoms with Gasteiger partial charge >= 0.3 is 0 Å². The number of rotatable bonds is 4. The van der Waals surface area contributed by atoms with Crippen molar-refractivity contribution in [1.82, 2.24) is 4.98 Å². The van der Waals surface area contributed by atoms with Crippen LogP contribution < -0.4 is 5.32 Å². The molecule has 6 heteroatoms. The van der Waals surface area contributed by atoms with Crippen molar-refractivity contribution in [2.75, 3.05) is 18.5 Å². The third-order valence-electron chi connectivity index (χ3n) is 3.93. The van der Waals surface area contributed by atoms with Gasteiger partial charge in [-0.25, -0.2) is 4.98 Å². The topological polar surface area (TPSA) is 77.3 Å². The average molecular weight is 287 g/mol. The quantitative estimate of drug-likeness (QED) is 0.691. The minimum absolute atomic E-state index is 0.0847. The molecule has 2 unspecified atom stereocenters. The first-order valence-corrected chi connectivity index (χ1v) is 7.03. The van der Waals surface area contributed by atoms with Gasteiger partial charge in [-0.15, -0.1) is 0 Å². The van der Waals surface area contributed by atoms with Gasteiger partial charge in [-0.3, -0.25) is 10.1 Å². The Kier molecular flexibility index (Phi) is 3.70. The third-order valence-corrected chi connectivity index (χ3v) is 3.93. The van der Waals surface area contributed by atoms with Gasteiger partial charge in [0.15, 0.2) is 0 Å². The van der Waals surface area contributed by atoms with Crippen LogP contribution >= 0.6 is 0 Å². The standard InChI is InChI=1S/C15H17N3O3/c1-10(12-6-7-21-9-12)16-15-5-2-11-8-13(18(19)20)3-4-14(11)17-15/h2-5,8,10,12H,6-7,9H2,1H3,(H,16,17). The van der Waals surface area contributed by atoms with Gasteiger partial charge in [0, 0.05) is 36.1 Å². The highest BCUT2D eigenvalue weighted by molar-refractivity contribution is 5.82. The summed E-state index contributed by atoms with van der Waals surface area (Å²) in [6, 6.07) is 8.71. The second kappa shape index (κ2) is 5.65. The van der Waals surface area contributed by atoms with Crippen molar-refractivity contribution < 1.29 is 9.66 Å². The molecule has 2 heterocycles. The van der Waals surface area contributed by atoms with E-state index >= 15 is 0 Å². The molecule has 1 fully saturated rings. The van der Waals surface area contributed by atoms with Crippen LogP contribution in [0.2, 0.25) is 0 Å². The number of non-ortho nitro benzene ring substituents is 1. The number of aromatic nitrogens is 1. The molecular weight excluding hydrogens is 270 g/mol. The average Bonchev–Trinajstić information content (AvgIpc) is 3.01. The first-order valence-electron chi connectivity index (χ1n) is 7.03. The number of ether oxygens (including phenoxy) is 1. The first kappa shape index (κ1) is 13.8. The molecule has 3 rings (SSSR count). The fraction of sp³-hybridized carbons (Fsp3) is 0.400. The Balaban J connectivity index is 1.80. The molecule has 0 saturated carbocycles. The Morgan fingerprint density at radius 1 is 1.43 bits per heavy atom. The number of nitrogens with zero attached hydrogens (tertiary/aromatic N) is 2. The van der Waals surface area contributed by atoms with Crippen LogP contribution in [0.25, 0.3) is 10.9 Å². The summed E-state index contributed by atoms with van der Waals surface area (Å²) in [5.74, 6) is 1.29. The normalized spacial score (nSPS) is 19.6. The van der Waals surface area contributed by atoms with E-state index in [-0.39, 0.29) is 11.7 Å². The number of nitro groups is 1. The molecule has 0 aliphatic carbocycles. The lowest BCUT2D eigenvalue weighted by atomic mass is 10.0. The van der Waals surface area contributed by atoms with Crippen molar-refractivity contribution in [3.8, 4) is 0 Å². The predicted octanol–water partition coefficient (Wildman–Crippen LogP) is 2.98. The lowest BCUT2D eigenvalue weighted by molar-refractivity contribution is -0.384. The van der Waals surface area contributed by atoms with Crippen molar-refractivity contribution in [2.45, 2.75) is 19.4 Å². The van der Waals surface area contributed by atoms with E-state index in [0.717, 1.165) is 36.4 Å². The molecule has 1 aromatic carbocycles. The van der Waals surface area contributed by atoms with Crippen molar-refractivity contribution in [3.05, 3.63) is 40.4 Å². The van der Waals surface area contributed by atoms with E-state index in [2.05, 4.69) is 17.2 Å². The van der Waals surface area contributed by atoms with Crippen LogP contribution in [-0.2, 0) is 4.74 Å². The summed E-state index contributed by atoms with van der Waals surface area (Å²) in [5.41, 5.74) is 0.835. The van der Waals surface area contributed by atoms with E-state index in [1.54, 1.807) is 12.1 Å². The molecule has 0 spiro atoms. The third kappa shape index (κ3) is 2.95. The predicted molar refractivity (Wildman–Crippen MR) is 80.4 cm³/mol. The van der Waals surface area contributed by atoms with Crippen LogP contribution in [0.15, 0.2) is 30.3 Å². The number of pyridine rings is 1. The van der Waals surface area contributed by atoms with Crippen molar-refractivity contribution in [3.63, 3.8) is 0 Å². The summed E-state index contributed by atoms with van der Waals surface area (Å²) >= 11 is 0. The zero-order chi connectivity index (χ0) is 14.8. The molecule has 2 atom stereocenters. The van der Waals surface area contributed by atoms with Crippen LogP contribution in [0.3, 0.4) is 0 Å². The van der Waals surface area contributed by atoms with Gasteiger partial charge in [-0.05, 0) is 31.5 Å². The van der Waals surface area contributed by atoms with Gasteiger partial charge in [0.05, 0.1) is 17.0 Å². The molecule has 0 radical (unpaired) electrons. The van der Waals surface area contributed by atoms with Gasteiger partial charge in [0.25, 0.3) is 5.69 Å². The van der Waals surface area contributed by atoms with Gasteiger partial charge in [-0.2, -0.15) is 0 Å². The van der Waals surface area contributed by atoms with E-state index < -0.39 is 4.92 Å². The summed E-state index contributed by atoms with van der Waals surface area (Å²) in [7, 11) is 0. The number of nitrogens with one attached hydrogen (secondary N) is 1. The number of benzene rings is 1. The summed E-state index contributed by atoms with van der Waals surface area (Å²) in [6.07, 6.45) is 1.06. The van der Waals surface area contributed by atoms with Crippen LogP contribution in [-0.4, -0.2) is 29.2 Å². The van der Waals surface area contributed by atoms with Crippen molar-refractivity contribution in [1.29, 1.82) is 0 Å². The highest BCUT2D eigenvalue weighted by Gasteiger charge is 2.22. The fourth-order valence-corrected chi connectivity index (χ4v) is 2.61. The number of hydrogen-bond acceptors (Lipinski definition) is 5. The molecule has 6 nitrogen and oxygen atoms in total. The van der Waals surface area contributed by atoms with Crippen LogP contribution in [0.5, 0.6) is 0 Å². The van der Waals surface area contributed by atoms with E-state index in [9.17, 15) is 10.1 Å². The largest absolute Gasteiger partial charge is 0.381 e. The van der Waals surface area contributed by atoms with E-state index in [4.69, 9.17) is 4.74 Å². The maximum atomic E-state index is 10.8. The Labute approximate surface area is 122 Å². The molecule has 1 aliphatic heterocycles. The van der Waals surface area contributed by atoms with Gasteiger partial charge in [-0.1, -0.05) is 0 Å². The summed E-state index contributed by atoms with van der Waals surface area (Å²) in [6.45, 7) is 3.74. The Bertz CT molecular complexity index is 668. The molecule has 1 aliphatic rings. The lowest BCUT2D eigenvalue weighted by Crippen LogP contribution is -2.26. The van der Waals surface area contributed by atoms with Crippen molar-refractivity contribution in [2.24, 2.45) is 5.92 Å². The SMILES string of the molecule is CC(Nc1ccc2cc([N+](=O)[O-])ccc2n1)C1CCOC1. The molecular formula is C15H17N3O3. The minimum Gasteiger partial charge on any atom is -0.381 e. The maximum Gasteiger partial charge on any atom is 0.270 e. The maximum absolute atomic E-state index is 10.8. The van der Waals surface area contributed by atoms with Gasteiger partial charge < -0.3 is 10.1 Å². The van der Waals surface area contributed by atoms with Crippen molar-refractivity contribution >= 4 is 22.4 Å². The number of fused-ring (bicyclic) bond motifs is 1. The fourth-order valence-electron chi connectivity index (χ4n) is 2.61. The van der Waals surface area contributed by atoms with E-state index in [0.29, 0.717) is 5.92 Å². The second-order valence-corrected chi connectivity index (χ2v) is 5.39. The molecule has 110 valence electrons. The minimum atomic E-state index is -0.395. The molecule has 21 heavy (non-hydrogen) atoms. The lowest BCUT2D eigenvalue weighted by Gasteiger charge is -2.19. The number of nitro benzene ring substituents is 1. The zero-order valence-corrected chi connectivity index (χ0v) is 11.8. The Morgan fingerprint density at radius 2 is 2.29 bits per heavy atom. The Hall–Kier alpha value is -2.21. The van der Waals surface area contributed by atoms with E-state index in [1.807, 2.05) is 12.1 Å². The molecule has 1 saturated heterocycles. The highest BCUT2D eigenvalue weighted by Crippen LogP contribution is 2.23. The summed E-state index contributed by atoms with van der Waals surface area (Å²) < 4.78 is 5.40. The Morgan fingerprint density at radius 3 is 3.00 bits per heavy atom. The summed E-state index contributed by atoms with van der Waals surface area (Å²) in [5, 5.41) is 14.9. The number of hydrogen-bond donors (Lipinski definition) is 1. The number of anilines is 1.